The third-order valence-electron chi connectivity index (χ3n) is 4.29. The van der Waals surface area contributed by atoms with Gasteiger partial charge in [-0.3, -0.25) is 0 Å². The molecule has 138 valence electrons. The van der Waals surface area contributed by atoms with E-state index in [1.54, 1.807) is 0 Å². The fraction of sp³-hybridized carbons (Fsp3) is 0.700. The van der Waals surface area contributed by atoms with Gasteiger partial charge in [-0.1, -0.05) is 32.9 Å². The lowest BCUT2D eigenvalue weighted by Crippen LogP contribution is -2.20. The molecule has 4 heteroatoms. The molecule has 1 unspecified atom stereocenters. The molecule has 0 aliphatic carbocycles. The zero-order chi connectivity index (χ0) is 18.2. The molecular weight excluding hydrogens is 302 g/mol. The Morgan fingerprint density at radius 2 is 1.75 bits per heavy atom. The topological polar surface area (TPSA) is 72.7 Å². The molecule has 1 atom stereocenters. The van der Waals surface area contributed by atoms with Gasteiger partial charge < -0.3 is 20.6 Å². The van der Waals surface area contributed by atoms with Crippen LogP contribution in [0, 0.1) is 6.92 Å². The maximum absolute atomic E-state index is 10.3. The first kappa shape index (κ1) is 20.9. The molecule has 0 aliphatic heterocycles. The summed E-state index contributed by atoms with van der Waals surface area (Å²) in [7, 11) is 0. The average molecular weight is 338 g/mol. The fourth-order valence-electron chi connectivity index (χ4n) is 2.87. The van der Waals surface area contributed by atoms with E-state index in [9.17, 15) is 10.2 Å². The second kappa shape index (κ2) is 10.0. The first-order valence-corrected chi connectivity index (χ1v) is 9.08. The smallest absolute Gasteiger partial charge is 0.122 e. The van der Waals surface area contributed by atoms with Crippen LogP contribution in [-0.2, 0) is 11.8 Å². The van der Waals surface area contributed by atoms with Crippen LogP contribution < -0.4 is 5.32 Å². The van der Waals surface area contributed by atoms with E-state index in [-0.39, 0.29) is 18.1 Å². The monoisotopic (exact) mass is 337 g/mol. The number of rotatable bonds is 10. The number of phenols is 1. The summed E-state index contributed by atoms with van der Waals surface area (Å²) in [5.41, 5.74) is 2.78. The van der Waals surface area contributed by atoms with Crippen molar-refractivity contribution in [3.05, 3.63) is 28.8 Å². The van der Waals surface area contributed by atoms with Gasteiger partial charge in [0.25, 0.3) is 0 Å². The number of aliphatic hydroxyl groups is 2. The summed E-state index contributed by atoms with van der Waals surface area (Å²) >= 11 is 0. The minimum atomic E-state index is -0.360. The maximum Gasteiger partial charge on any atom is 0.122 e. The molecular formula is C20H35NO3. The van der Waals surface area contributed by atoms with E-state index >= 15 is 0 Å². The van der Waals surface area contributed by atoms with Crippen LogP contribution in [0.25, 0.3) is 0 Å². The molecule has 0 radical (unpaired) electrons. The van der Waals surface area contributed by atoms with E-state index in [1.807, 2.05) is 19.1 Å². The summed E-state index contributed by atoms with van der Waals surface area (Å²) in [6.07, 6.45) is 3.78. The lowest BCUT2D eigenvalue weighted by atomic mass is 9.83. The summed E-state index contributed by atoms with van der Waals surface area (Å²) in [6.45, 7) is 10.2. The Hall–Kier alpha value is -1.10. The van der Waals surface area contributed by atoms with Crippen molar-refractivity contribution in [2.45, 2.75) is 71.3 Å². The quantitative estimate of drug-likeness (QED) is 0.495. The Labute approximate surface area is 146 Å². The van der Waals surface area contributed by atoms with Crippen molar-refractivity contribution < 1.29 is 15.3 Å². The normalized spacial score (nSPS) is 13.2. The molecule has 4 nitrogen and oxygen atoms in total. The van der Waals surface area contributed by atoms with Crippen molar-refractivity contribution >= 4 is 0 Å². The first-order chi connectivity index (χ1) is 11.3. The van der Waals surface area contributed by atoms with Gasteiger partial charge in [-0.2, -0.15) is 0 Å². The highest BCUT2D eigenvalue weighted by atomic mass is 16.3. The van der Waals surface area contributed by atoms with E-state index < -0.39 is 0 Å². The number of unbranched alkanes of at least 4 members (excludes halogenated alkanes) is 1. The Balaban J connectivity index is 2.47. The third kappa shape index (κ3) is 7.20. The summed E-state index contributed by atoms with van der Waals surface area (Å²) in [5.74, 6) is 0.368. The van der Waals surface area contributed by atoms with Gasteiger partial charge >= 0.3 is 0 Å². The van der Waals surface area contributed by atoms with Gasteiger partial charge in [-0.05, 0) is 74.2 Å². The predicted molar refractivity (Wildman–Crippen MR) is 99.7 cm³/mol. The lowest BCUT2D eigenvalue weighted by Gasteiger charge is -2.23. The molecule has 1 aromatic rings. The number of benzene rings is 1. The van der Waals surface area contributed by atoms with Crippen LogP contribution in [0.2, 0.25) is 0 Å². The van der Waals surface area contributed by atoms with Crippen molar-refractivity contribution in [3.63, 3.8) is 0 Å². The number of aryl methyl sites for hydroxylation is 1. The molecule has 0 bridgehead atoms. The minimum absolute atomic E-state index is 0.117. The van der Waals surface area contributed by atoms with Gasteiger partial charge in [0.2, 0.25) is 0 Å². The molecule has 0 saturated carbocycles. The Morgan fingerprint density at radius 1 is 1.08 bits per heavy atom. The van der Waals surface area contributed by atoms with Crippen LogP contribution in [0.4, 0.5) is 0 Å². The second-order valence-electron chi connectivity index (χ2n) is 7.74. The highest BCUT2D eigenvalue weighted by Gasteiger charge is 2.20. The van der Waals surface area contributed by atoms with E-state index in [4.69, 9.17) is 5.11 Å². The number of nitrogens with one attached hydrogen (secondary N) is 1. The molecule has 0 aromatic heterocycles. The van der Waals surface area contributed by atoms with Crippen LogP contribution in [0.15, 0.2) is 12.1 Å². The van der Waals surface area contributed by atoms with Crippen LogP contribution in [0.1, 0.15) is 63.1 Å². The molecule has 24 heavy (non-hydrogen) atoms. The van der Waals surface area contributed by atoms with Crippen molar-refractivity contribution in [1.82, 2.24) is 5.32 Å². The van der Waals surface area contributed by atoms with Crippen molar-refractivity contribution in [1.29, 1.82) is 0 Å². The van der Waals surface area contributed by atoms with Gasteiger partial charge in [0.15, 0.2) is 0 Å². The standard InChI is InChI=1S/C20H35NO3/c1-15-12-16(14-18(19(15)24)20(2,3)4)13-17(23)8-7-10-21-9-5-6-11-22/h12,14,17,21-24H,5-11,13H2,1-4H3. The highest BCUT2D eigenvalue weighted by molar-refractivity contribution is 5.46. The van der Waals surface area contributed by atoms with Gasteiger partial charge in [0.1, 0.15) is 5.75 Å². The van der Waals surface area contributed by atoms with E-state index in [1.165, 1.54) is 0 Å². The van der Waals surface area contributed by atoms with Crippen LogP contribution >= 0.6 is 0 Å². The Kier molecular flexibility index (Phi) is 8.74. The van der Waals surface area contributed by atoms with Gasteiger partial charge in [-0.25, -0.2) is 0 Å². The van der Waals surface area contributed by atoms with E-state index in [0.29, 0.717) is 12.2 Å². The first-order valence-electron chi connectivity index (χ1n) is 9.08. The second-order valence-corrected chi connectivity index (χ2v) is 7.74. The van der Waals surface area contributed by atoms with Crippen molar-refractivity contribution in [2.24, 2.45) is 0 Å². The van der Waals surface area contributed by atoms with Crippen LogP contribution in [-0.4, -0.2) is 41.1 Å². The number of hydrogen-bond donors (Lipinski definition) is 4. The maximum atomic E-state index is 10.3. The molecule has 0 heterocycles. The van der Waals surface area contributed by atoms with Gasteiger partial charge in [0, 0.05) is 6.61 Å². The predicted octanol–water partition coefficient (Wildman–Crippen LogP) is 3.04. The summed E-state index contributed by atoms with van der Waals surface area (Å²) < 4.78 is 0. The summed E-state index contributed by atoms with van der Waals surface area (Å²) in [4.78, 5) is 0. The zero-order valence-electron chi connectivity index (χ0n) is 15.7. The largest absolute Gasteiger partial charge is 0.507 e. The summed E-state index contributed by atoms with van der Waals surface area (Å²) in [5, 5.41) is 32.6. The van der Waals surface area contributed by atoms with E-state index in [0.717, 1.165) is 55.5 Å². The molecule has 0 fully saturated rings. The molecule has 0 aliphatic rings. The SMILES string of the molecule is Cc1cc(CC(O)CCCNCCCCO)cc(C(C)(C)C)c1O. The Bertz CT molecular complexity index is 494. The number of aromatic hydroxyl groups is 1. The molecule has 4 N–H and O–H groups in total. The molecule has 0 amide bonds. The van der Waals surface area contributed by atoms with Crippen molar-refractivity contribution in [3.8, 4) is 5.75 Å². The fourth-order valence-corrected chi connectivity index (χ4v) is 2.87. The molecule has 1 aromatic carbocycles. The van der Waals surface area contributed by atoms with E-state index in [2.05, 4.69) is 26.1 Å². The summed E-state index contributed by atoms with van der Waals surface area (Å²) in [6, 6.07) is 4.00. The average Bonchev–Trinajstić information content (AvgIpc) is 2.48. The van der Waals surface area contributed by atoms with Crippen molar-refractivity contribution in [2.75, 3.05) is 19.7 Å². The van der Waals surface area contributed by atoms with Crippen LogP contribution in [0.3, 0.4) is 0 Å². The number of hydrogen-bond acceptors (Lipinski definition) is 4. The Morgan fingerprint density at radius 3 is 2.38 bits per heavy atom. The van der Waals surface area contributed by atoms with Crippen LogP contribution in [0.5, 0.6) is 5.75 Å². The number of phenolic OH excluding ortho intramolecular Hbond substituents is 1. The molecule has 0 spiro atoms. The lowest BCUT2D eigenvalue weighted by molar-refractivity contribution is 0.162. The minimum Gasteiger partial charge on any atom is -0.507 e. The van der Waals surface area contributed by atoms with Gasteiger partial charge in [0.05, 0.1) is 6.10 Å². The van der Waals surface area contributed by atoms with Gasteiger partial charge in [-0.15, -0.1) is 0 Å². The highest BCUT2D eigenvalue weighted by Crippen LogP contribution is 2.34. The third-order valence-corrected chi connectivity index (χ3v) is 4.29. The zero-order valence-corrected chi connectivity index (χ0v) is 15.7. The molecule has 0 saturated heterocycles. The molecule has 1 rings (SSSR count). The number of aliphatic hydroxyl groups excluding tert-OH is 2.